The van der Waals surface area contributed by atoms with E-state index in [-0.39, 0.29) is 17.0 Å². The fraction of sp³-hybridized carbons (Fsp3) is 0.467. The van der Waals surface area contributed by atoms with Crippen LogP contribution in [0.5, 0.6) is 0 Å². The first-order chi connectivity index (χ1) is 9.78. The fourth-order valence-electron chi connectivity index (χ4n) is 1.70. The minimum absolute atomic E-state index is 0.0103. The van der Waals surface area contributed by atoms with E-state index in [1.165, 1.54) is 17.4 Å². The van der Waals surface area contributed by atoms with E-state index < -0.39 is 15.8 Å². The van der Waals surface area contributed by atoms with Crippen LogP contribution < -0.4 is 5.73 Å². The molecular formula is C15H21FN2O2S. The van der Waals surface area contributed by atoms with Crippen molar-refractivity contribution < 1.29 is 12.8 Å². The quantitative estimate of drug-likeness (QED) is 0.843. The Morgan fingerprint density at radius 3 is 2.62 bits per heavy atom. The van der Waals surface area contributed by atoms with Gasteiger partial charge in [0.2, 0.25) is 10.0 Å². The number of benzene rings is 1. The largest absolute Gasteiger partial charge is 0.320 e. The normalized spacial score (nSPS) is 11.6. The zero-order chi connectivity index (χ0) is 16.0. The van der Waals surface area contributed by atoms with Gasteiger partial charge in [0.15, 0.2) is 0 Å². The molecular weight excluding hydrogens is 291 g/mol. The van der Waals surface area contributed by atoms with Gasteiger partial charge in [-0.3, -0.25) is 0 Å². The highest BCUT2D eigenvalue weighted by Crippen LogP contribution is 2.20. The molecule has 1 aromatic carbocycles. The van der Waals surface area contributed by atoms with Crippen LogP contribution >= 0.6 is 0 Å². The molecule has 0 aromatic heterocycles. The van der Waals surface area contributed by atoms with Crippen molar-refractivity contribution in [3.63, 3.8) is 0 Å². The molecule has 0 atom stereocenters. The molecule has 0 saturated carbocycles. The second-order valence-corrected chi connectivity index (χ2v) is 7.17. The van der Waals surface area contributed by atoms with Crippen molar-refractivity contribution in [2.75, 3.05) is 20.1 Å². The Kier molecular flexibility index (Phi) is 6.34. The number of nitrogens with two attached hydrogens (primary N) is 1. The van der Waals surface area contributed by atoms with E-state index in [9.17, 15) is 12.8 Å². The highest BCUT2D eigenvalue weighted by molar-refractivity contribution is 7.89. The van der Waals surface area contributed by atoms with E-state index in [0.29, 0.717) is 12.5 Å². The number of sulfonamides is 1. The van der Waals surface area contributed by atoms with E-state index in [1.807, 2.05) is 13.8 Å². The summed E-state index contributed by atoms with van der Waals surface area (Å²) in [5.74, 6) is 5.05. The van der Waals surface area contributed by atoms with Crippen LogP contribution in [0.3, 0.4) is 0 Å². The van der Waals surface area contributed by atoms with E-state index in [0.717, 1.165) is 18.6 Å². The average molecular weight is 312 g/mol. The van der Waals surface area contributed by atoms with Gasteiger partial charge in [0.25, 0.3) is 0 Å². The molecule has 0 aliphatic heterocycles. The Morgan fingerprint density at radius 2 is 2.05 bits per heavy atom. The molecule has 116 valence electrons. The second-order valence-electron chi connectivity index (χ2n) is 5.16. The fourth-order valence-corrected chi connectivity index (χ4v) is 3.01. The maximum absolute atomic E-state index is 13.3. The van der Waals surface area contributed by atoms with Crippen molar-refractivity contribution in [2.45, 2.75) is 25.2 Å². The lowest BCUT2D eigenvalue weighted by Gasteiger charge is -2.19. The molecule has 0 unspecified atom stereocenters. The Hall–Kier alpha value is -1.42. The summed E-state index contributed by atoms with van der Waals surface area (Å²) < 4.78 is 39.7. The lowest BCUT2D eigenvalue weighted by molar-refractivity contribution is 0.428. The topological polar surface area (TPSA) is 63.4 Å². The van der Waals surface area contributed by atoms with Crippen molar-refractivity contribution in [2.24, 2.45) is 11.7 Å². The summed E-state index contributed by atoms with van der Waals surface area (Å²) in [6.45, 7) is 4.54. The summed E-state index contributed by atoms with van der Waals surface area (Å²) in [5, 5.41) is 0. The van der Waals surface area contributed by atoms with Crippen molar-refractivity contribution in [3.8, 4) is 11.8 Å². The summed E-state index contributed by atoms with van der Waals surface area (Å²) >= 11 is 0. The summed E-state index contributed by atoms with van der Waals surface area (Å²) in [6, 6.07) is 3.49. The molecule has 0 amide bonds. The Morgan fingerprint density at radius 1 is 1.38 bits per heavy atom. The van der Waals surface area contributed by atoms with Crippen LogP contribution in [-0.4, -0.2) is 32.9 Å². The Bertz CT molecular complexity index is 645. The zero-order valence-electron chi connectivity index (χ0n) is 12.6. The number of nitrogens with zero attached hydrogens (tertiary/aromatic N) is 1. The molecule has 21 heavy (non-hydrogen) atoms. The van der Waals surface area contributed by atoms with Crippen LogP contribution in [0.25, 0.3) is 0 Å². The second kappa shape index (κ2) is 7.55. The molecule has 0 heterocycles. The third-order valence-electron chi connectivity index (χ3n) is 2.98. The minimum atomic E-state index is -3.69. The molecule has 0 aliphatic carbocycles. The molecule has 0 aliphatic rings. The van der Waals surface area contributed by atoms with Crippen LogP contribution in [-0.2, 0) is 10.0 Å². The first kappa shape index (κ1) is 17.6. The summed E-state index contributed by atoms with van der Waals surface area (Å²) in [5.41, 5.74) is 5.42. The van der Waals surface area contributed by atoms with Crippen molar-refractivity contribution >= 4 is 10.0 Å². The van der Waals surface area contributed by atoms with Crippen molar-refractivity contribution in [3.05, 3.63) is 29.6 Å². The summed E-state index contributed by atoms with van der Waals surface area (Å²) in [7, 11) is -2.17. The molecule has 0 radical (unpaired) electrons. The minimum Gasteiger partial charge on any atom is -0.320 e. The maximum atomic E-state index is 13.3. The standard InChI is InChI=1S/C15H21FN2O2S/c1-12(2)8-10-18(3)21(19,20)15-7-6-14(16)11-13(15)5-4-9-17/h6-7,11-12H,8-10,17H2,1-3H3. The van der Waals surface area contributed by atoms with Gasteiger partial charge in [-0.05, 0) is 30.5 Å². The lowest BCUT2D eigenvalue weighted by Crippen LogP contribution is -2.29. The van der Waals surface area contributed by atoms with Crippen LogP contribution in [0.2, 0.25) is 0 Å². The van der Waals surface area contributed by atoms with Crippen LogP contribution in [0.1, 0.15) is 25.8 Å². The van der Waals surface area contributed by atoms with E-state index in [1.54, 1.807) is 0 Å². The van der Waals surface area contributed by atoms with E-state index >= 15 is 0 Å². The van der Waals surface area contributed by atoms with Gasteiger partial charge in [0.1, 0.15) is 5.82 Å². The molecule has 1 aromatic rings. The highest BCUT2D eigenvalue weighted by Gasteiger charge is 2.23. The van der Waals surface area contributed by atoms with Crippen LogP contribution in [0.4, 0.5) is 4.39 Å². The number of hydrogen-bond acceptors (Lipinski definition) is 3. The SMILES string of the molecule is CC(C)CCN(C)S(=O)(=O)c1ccc(F)cc1C#CCN. The van der Waals surface area contributed by atoms with Gasteiger partial charge in [-0.15, -0.1) is 0 Å². The van der Waals surface area contributed by atoms with Crippen molar-refractivity contribution in [1.82, 2.24) is 4.31 Å². The van der Waals surface area contributed by atoms with Gasteiger partial charge in [-0.25, -0.2) is 17.1 Å². The van der Waals surface area contributed by atoms with E-state index in [2.05, 4.69) is 11.8 Å². The molecule has 0 fully saturated rings. The lowest BCUT2D eigenvalue weighted by atomic mass is 10.1. The van der Waals surface area contributed by atoms with Gasteiger partial charge in [-0.2, -0.15) is 0 Å². The van der Waals surface area contributed by atoms with Crippen LogP contribution in [0, 0.1) is 23.6 Å². The Labute approximate surface area is 126 Å². The van der Waals surface area contributed by atoms with Crippen LogP contribution in [0.15, 0.2) is 23.1 Å². The third-order valence-corrected chi connectivity index (χ3v) is 4.89. The van der Waals surface area contributed by atoms with Crippen molar-refractivity contribution in [1.29, 1.82) is 0 Å². The van der Waals surface area contributed by atoms with Gasteiger partial charge in [0.05, 0.1) is 11.4 Å². The number of hydrogen-bond donors (Lipinski definition) is 1. The molecule has 4 nitrogen and oxygen atoms in total. The van der Waals surface area contributed by atoms with Gasteiger partial charge in [0, 0.05) is 19.2 Å². The molecule has 0 saturated heterocycles. The number of rotatable bonds is 5. The zero-order valence-corrected chi connectivity index (χ0v) is 13.4. The highest BCUT2D eigenvalue weighted by atomic mass is 32.2. The predicted molar refractivity (Wildman–Crippen MR) is 81.6 cm³/mol. The predicted octanol–water partition coefficient (Wildman–Crippen LogP) is 1.80. The average Bonchev–Trinajstić information content (AvgIpc) is 2.42. The maximum Gasteiger partial charge on any atom is 0.244 e. The number of halogens is 1. The van der Waals surface area contributed by atoms with Gasteiger partial charge in [-0.1, -0.05) is 25.7 Å². The Balaban J connectivity index is 3.18. The molecule has 1 rings (SSSR count). The van der Waals surface area contributed by atoms with Gasteiger partial charge >= 0.3 is 0 Å². The summed E-state index contributed by atoms with van der Waals surface area (Å²) in [4.78, 5) is 0.0103. The molecule has 0 bridgehead atoms. The third kappa shape index (κ3) is 4.81. The smallest absolute Gasteiger partial charge is 0.244 e. The first-order valence-corrected chi connectivity index (χ1v) is 8.18. The first-order valence-electron chi connectivity index (χ1n) is 6.74. The molecule has 6 heteroatoms. The molecule has 0 spiro atoms. The van der Waals surface area contributed by atoms with Gasteiger partial charge < -0.3 is 5.73 Å². The monoisotopic (exact) mass is 312 g/mol. The summed E-state index contributed by atoms with van der Waals surface area (Å²) in [6.07, 6.45) is 0.751. The van der Waals surface area contributed by atoms with E-state index in [4.69, 9.17) is 5.73 Å². The molecule has 2 N–H and O–H groups in total.